The van der Waals surface area contributed by atoms with Gasteiger partial charge in [0.15, 0.2) is 11.4 Å². The van der Waals surface area contributed by atoms with Gasteiger partial charge >= 0.3 is 0 Å². The number of hydrogen-bond donors (Lipinski definition) is 2. The van der Waals surface area contributed by atoms with E-state index in [2.05, 4.69) is 48.2 Å². The number of rotatable bonds is 4. The summed E-state index contributed by atoms with van der Waals surface area (Å²) in [5.41, 5.74) is 7.28. The highest BCUT2D eigenvalue weighted by atomic mass is 16.2. The Hall–Kier alpha value is -2.76. The lowest BCUT2D eigenvalue weighted by atomic mass is 9.86. The molecule has 0 fully saturated rings. The van der Waals surface area contributed by atoms with Crippen LogP contribution in [0.1, 0.15) is 65.8 Å². The number of amides is 2. The number of hydrogen-bond acceptors (Lipinski definition) is 4. The van der Waals surface area contributed by atoms with Crippen molar-refractivity contribution in [2.75, 3.05) is 0 Å². The van der Waals surface area contributed by atoms with Crippen molar-refractivity contribution in [2.45, 2.75) is 39.2 Å². The molecule has 0 spiro atoms. The molecule has 24 heavy (non-hydrogen) atoms. The van der Waals surface area contributed by atoms with Gasteiger partial charge in [0.2, 0.25) is 0 Å². The highest BCUT2D eigenvalue weighted by molar-refractivity contribution is 6.04. The SMILES string of the molecule is C[C@@H](NC(=O)c1nccnc1C(N)=O)c1ccc(C(C)(C)C)cc1. The number of nitrogens with two attached hydrogens (primary N) is 1. The summed E-state index contributed by atoms with van der Waals surface area (Å²) in [6, 6.07) is 7.83. The molecule has 0 aliphatic heterocycles. The van der Waals surface area contributed by atoms with E-state index in [-0.39, 0.29) is 22.8 Å². The van der Waals surface area contributed by atoms with Gasteiger partial charge in [0.05, 0.1) is 6.04 Å². The molecule has 0 aliphatic rings. The molecule has 6 nitrogen and oxygen atoms in total. The maximum absolute atomic E-state index is 12.4. The molecular weight excluding hydrogens is 304 g/mol. The Labute approximate surface area is 141 Å². The van der Waals surface area contributed by atoms with E-state index in [9.17, 15) is 9.59 Å². The van der Waals surface area contributed by atoms with Crippen molar-refractivity contribution in [1.29, 1.82) is 0 Å². The number of benzene rings is 1. The number of primary amides is 1. The molecule has 2 rings (SSSR count). The number of nitrogens with one attached hydrogen (secondary N) is 1. The van der Waals surface area contributed by atoms with E-state index < -0.39 is 11.8 Å². The van der Waals surface area contributed by atoms with Gasteiger partial charge in [0, 0.05) is 12.4 Å². The fourth-order valence-electron chi connectivity index (χ4n) is 2.30. The number of aromatic nitrogens is 2. The van der Waals surface area contributed by atoms with E-state index >= 15 is 0 Å². The molecule has 0 saturated carbocycles. The van der Waals surface area contributed by atoms with Gasteiger partial charge in [-0.15, -0.1) is 0 Å². The largest absolute Gasteiger partial charge is 0.364 e. The minimum atomic E-state index is -0.782. The molecule has 0 bridgehead atoms. The first-order chi connectivity index (χ1) is 11.2. The van der Waals surface area contributed by atoms with Gasteiger partial charge in [0.25, 0.3) is 11.8 Å². The third-order valence-corrected chi connectivity index (χ3v) is 3.77. The van der Waals surface area contributed by atoms with E-state index in [1.165, 1.54) is 18.0 Å². The first kappa shape index (κ1) is 17.6. The maximum Gasteiger partial charge on any atom is 0.272 e. The van der Waals surface area contributed by atoms with Crippen LogP contribution in [0, 0.1) is 0 Å². The molecule has 1 aromatic carbocycles. The van der Waals surface area contributed by atoms with Crippen LogP contribution in [0.15, 0.2) is 36.7 Å². The van der Waals surface area contributed by atoms with Crippen molar-refractivity contribution < 1.29 is 9.59 Å². The van der Waals surface area contributed by atoms with Crippen LogP contribution >= 0.6 is 0 Å². The third kappa shape index (κ3) is 3.95. The lowest BCUT2D eigenvalue weighted by molar-refractivity contribution is 0.0917. The molecule has 2 amide bonds. The van der Waals surface area contributed by atoms with E-state index in [1.807, 2.05) is 19.1 Å². The fourth-order valence-corrected chi connectivity index (χ4v) is 2.30. The van der Waals surface area contributed by atoms with E-state index in [0.29, 0.717) is 0 Å². The average molecular weight is 326 g/mol. The maximum atomic E-state index is 12.4. The first-order valence-electron chi connectivity index (χ1n) is 7.72. The zero-order valence-electron chi connectivity index (χ0n) is 14.3. The number of nitrogens with zero attached hydrogens (tertiary/aromatic N) is 2. The second-order valence-corrected chi connectivity index (χ2v) is 6.68. The molecule has 0 radical (unpaired) electrons. The molecule has 1 aromatic heterocycles. The van der Waals surface area contributed by atoms with Crippen molar-refractivity contribution >= 4 is 11.8 Å². The summed E-state index contributed by atoms with van der Waals surface area (Å²) >= 11 is 0. The van der Waals surface area contributed by atoms with Gasteiger partial charge < -0.3 is 11.1 Å². The highest BCUT2D eigenvalue weighted by Gasteiger charge is 2.20. The van der Waals surface area contributed by atoms with Crippen LogP contribution in [0.4, 0.5) is 0 Å². The smallest absolute Gasteiger partial charge is 0.272 e. The summed E-state index contributed by atoms with van der Waals surface area (Å²) in [6.45, 7) is 8.30. The third-order valence-electron chi connectivity index (χ3n) is 3.77. The molecule has 0 saturated heterocycles. The summed E-state index contributed by atoms with van der Waals surface area (Å²) in [4.78, 5) is 31.4. The van der Waals surface area contributed by atoms with Crippen molar-refractivity contribution in [3.05, 3.63) is 59.2 Å². The van der Waals surface area contributed by atoms with Gasteiger partial charge in [-0.2, -0.15) is 0 Å². The van der Waals surface area contributed by atoms with Crippen LogP contribution in [-0.4, -0.2) is 21.8 Å². The Balaban J connectivity index is 2.16. The minimum Gasteiger partial charge on any atom is -0.364 e. The molecule has 2 aromatic rings. The van der Waals surface area contributed by atoms with Crippen LogP contribution < -0.4 is 11.1 Å². The molecule has 0 unspecified atom stereocenters. The minimum absolute atomic E-state index is 0.0665. The van der Waals surface area contributed by atoms with Gasteiger partial charge in [-0.05, 0) is 23.5 Å². The summed E-state index contributed by atoms with van der Waals surface area (Å²) in [6.07, 6.45) is 2.68. The van der Waals surface area contributed by atoms with Crippen LogP contribution in [0.3, 0.4) is 0 Å². The van der Waals surface area contributed by atoms with Gasteiger partial charge in [-0.25, -0.2) is 9.97 Å². The second-order valence-electron chi connectivity index (χ2n) is 6.68. The zero-order valence-corrected chi connectivity index (χ0v) is 14.3. The van der Waals surface area contributed by atoms with E-state index in [4.69, 9.17) is 5.73 Å². The van der Waals surface area contributed by atoms with Crippen molar-refractivity contribution in [2.24, 2.45) is 5.73 Å². The predicted molar refractivity (Wildman–Crippen MR) is 91.6 cm³/mol. The van der Waals surface area contributed by atoms with Crippen molar-refractivity contribution in [3.63, 3.8) is 0 Å². The van der Waals surface area contributed by atoms with E-state index in [1.54, 1.807) is 0 Å². The summed E-state index contributed by atoms with van der Waals surface area (Å²) < 4.78 is 0. The molecule has 0 aliphatic carbocycles. The fraction of sp³-hybridized carbons (Fsp3) is 0.333. The highest BCUT2D eigenvalue weighted by Crippen LogP contribution is 2.24. The van der Waals surface area contributed by atoms with Crippen LogP contribution in [0.25, 0.3) is 0 Å². The van der Waals surface area contributed by atoms with Gasteiger partial charge in [0.1, 0.15) is 0 Å². The van der Waals surface area contributed by atoms with Gasteiger partial charge in [-0.1, -0.05) is 45.0 Å². The zero-order chi connectivity index (χ0) is 17.9. The monoisotopic (exact) mass is 326 g/mol. The van der Waals surface area contributed by atoms with Crippen molar-refractivity contribution in [1.82, 2.24) is 15.3 Å². The Morgan fingerprint density at radius 2 is 1.58 bits per heavy atom. The predicted octanol–water partition coefficient (Wildman–Crippen LogP) is 2.36. The lowest BCUT2D eigenvalue weighted by Gasteiger charge is -2.20. The Bertz CT molecular complexity index is 748. The lowest BCUT2D eigenvalue weighted by Crippen LogP contribution is -2.30. The summed E-state index contributed by atoms with van der Waals surface area (Å²) in [5.74, 6) is -1.26. The molecule has 3 N–H and O–H groups in total. The number of carbonyl (C=O) groups is 2. The number of carbonyl (C=O) groups excluding carboxylic acids is 2. The first-order valence-corrected chi connectivity index (χ1v) is 7.72. The van der Waals surface area contributed by atoms with Gasteiger partial charge in [-0.3, -0.25) is 9.59 Å². The second kappa shape index (κ2) is 6.78. The quantitative estimate of drug-likeness (QED) is 0.901. The van der Waals surface area contributed by atoms with Crippen LogP contribution in [-0.2, 0) is 5.41 Å². The van der Waals surface area contributed by atoms with E-state index in [0.717, 1.165) is 5.56 Å². The average Bonchev–Trinajstić information content (AvgIpc) is 2.54. The topological polar surface area (TPSA) is 98.0 Å². The Morgan fingerprint density at radius 3 is 2.08 bits per heavy atom. The molecule has 1 atom stereocenters. The Morgan fingerprint density at radius 1 is 1.04 bits per heavy atom. The Kier molecular flexibility index (Phi) is 4.97. The van der Waals surface area contributed by atoms with Crippen LogP contribution in [0.2, 0.25) is 0 Å². The summed E-state index contributed by atoms with van der Waals surface area (Å²) in [5, 5.41) is 2.82. The van der Waals surface area contributed by atoms with Crippen molar-refractivity contribution in [3.8, 4) is 0 Å². The standard InChI is InChI=1S/C18H22N4O2/c1-11(12-5-7-13(8-6-12)18(2,3)4)22-17(24)15-14(16(19)23)20-9-10-21-15/h5-11H,1-4H3,(H2,19,23)(H,22,24)/t11-/m1/s1. The van der Waals surface area contributed by atoms with Crippen LogP contribution in [0.5, 0.6) is 0 Å². The molecular formula is C18H22N4O2. The summed E-state index contributed by atoms with van der Waals surface area (Å²) in [7, 11) is 0. The molecule has 1 heterocycles. The molecule has 6 heteroatoms. The molecule has 126 valence electrons. The normalized spacial score (nSPS) is 12.5.